The molecule has 1 amide bonds. The van der Waals surface area contributed by atoms with Crippen molar-refractivity contribution in [2.45, 2.75) is 38.0 Å². The molecule has 25 heavy (non-hydrogen) atoms. The van der Waals surface area contributed by atoms with Gasteiger partial charge in [-0.1, -0.05) is 0 Å². The first-order valence-electron chi connectivity index (χ1n) is 8.93. The quantitative estimate of drug-likeness (QED) is 0.836. The van der Waals surface area contributed by atoms with Gasteiger partial charge in [0.25, 0.3) is 0 Å². The van der Waals surface area contributed by atoms with E-state index in [0.717, 1.165) is 35.7 Å². The van der Waals surface area contributed by atoms with Gasteiger partial charge < -0.3 is 10.2 Å². The average Bonchev–Trinajstić information content (AvgIpc) is 3.22. The first kappa shape index (κ1) is 18.8. The van der Waals surface area contributed by atoms with Gasteiger partial charge in [-0.3, -0.25) is 4.79 Å². The van der Waals surface area contributed by atoms with E-state index >= 15 is 0 Å². The van der Waals surface area contributed by atoms with E-state index < -0.39 is 10.0 Å². The van der Waals surface area contributed by atoms with Gasteiger partial charge in [0.1, 0.15) is 0 Å². The smallest absolute Gasteiger partial charge is 0.244 e. The molecule has 2 fully saturated rings. The molecular formula is C17H27N3O3S2. The summed E-state index contributed by atoms with van der Waals surface area (Å²) in [6.45, 7) is 7.58. The highest BCUT2D eigenvalue weighted by atomic mass is 32.2. The average molecular weight is 386 g/mol. The maximum Gasteiger partial charge on any atom is 0.244 e. The number of carbonyl (C=O) groups is 1. The third-order valence-corrected chi connectivity index (χ3v) is 8.25. The Morgan fingerprint density at radius 3 is 2.56 bits per heavy atom. The van der Waals surface area contributed by atoms with Crippen molar-refractivity contribution in [3.8, 4) is 0 Å². The van der Waals surface area contributed by atoms with Gasteiger partial charge in [0, 0.05) is 42.4 Å². The molecule has 1 unspecified atom stereocenters. The van der Waals surface area contributed by atoms with Gasteiger partial charge in [0.15, 0.2) is 0 Å². The van der Waals surface area contributed by atoms with Gasteiger partial charge in [-0.15, -0.1) is 11.3 Å². The Kier molecular flexibility index (Phi) is 5.82. The lowest BCUT2D eigenvalue weighted by atomic mass is 10.0. The molecule has 140 valence electrons. The highest BCUT2D eigenvalue weighted by Crippen LogP contribution is 2.28. The van der Waals surface area contributed by atoms with Crippen LogP contribution in [0, 0.1) is 19.8 Å². The van der Waals surface area contributed by atoms with E-state index in [-0.39, 0.29) is 5.91 Å². The molecule has 3 rings (SSSR count). The van der Waals surface area contributed by atoms with Crippen LogP contribution in [-0.4, -0.2) is 62.8 Å². The van der Waals surface area contributed by atoms with E-state index in [2.05, 4.69) is 5.32 Å². The van der Waals surface area contributed by atoms with Crippen LogP contribution in [0.1, 0.15) is 29.0 Å². The van der Waals surface area contributed by atoms with E-state index in [1.165, 1.54) is 15.6 Å². The van der Waals surface area contributed by atoms with Gasteiger partial charge in [-0.05, 0) is 51.8 Å². The molecule has 0 radical (unpaired) electrons. The minimum Gasteiger partial charge on any atom is -0.340 e. The van der Waals surface area contributed by atoms with Gasteiger partial charge in [-0.2, -0.15) is 4.31 Å². The second-order valence-corrected chi connectivity index (χ2v) is 10.3. The fourth-order valence-electron chi connectivity index (χ4n) is 3.63. The van der Waals surface area contributed by atoms with Gasteiger partial charge in [0.2, 0.25) is 15.9 Å². The third-order valence-electron chi connectivity index (χ3n) is 5.13. The Hall–Kier alpha value is -0.960. The zero-order valence-corrected chi connectivity index (χ0v) is 16.6. The van der Waals surface area contributed by atoms with Crippen LogP contribution in [0.15, 0.2) is 11.0 Å². The van der Waals surface area contributed by atoms with Crippen LogP contribution in [0.25, 0.3) is 0 Å². The summed E-state index contributed by atoms with van der Waals surface area (Å²) in [6, 6.07) is 1.75. The number of carbonyl (C=O) groups excluding carboxylic acids is 1. The van der Waals surface area contributed by atoms with Crippen molar-refractivity contribution >= 4 is 27.3 Å². The summed E-state index contributed by atoms with van der Waals surface area (Å²) in [4.78, 5) is 16.5. The Labute approximate surface area is 154 Å². The molecule has 0 aromatic carbocycles. The first-order chi connectivity index (χ1) is 11.9. The number of aryl methyl sites for hydroxylation is 2. The normalized spacial score (nSPS) is 22.5. The zero-order chi connectivity index (χ0) is 18.0. The number of rotatable bonds is 5. The number of hydrogen-bond acceptors (Lipinski definition) is 5. The monoisotopic (exact) mass is 385 g/mol. The van der Waals surface area contributed by atoms with Crippen LogP contribution in [0.5, 0.6) is 0 Å². The number of sulfonamides is 1. The lowest BCUT2D eigenvalue weighted by Gasteiger charge is -2.34. The highest BCUT2D eigenvalue weighted by molar-refractivity contribution is 7.89. The maximum atomic E-state index is 12.8. The van der Waals surface area contributed by atoms with Gasteiger partial charge in [-0.25, -0.2) is 8.42 Å². The van der Waals surface area contributed by atoms with E-state index in [1.54, 1.807) is 6.07 Å². The number of amides is 1. The third kappa shape index (κ3) is 4.24. The molecule has 0 saturated carbocycles. The van der Waals surface area contributed by atoms with Gasteiger partial charge in [0.05, 0.1) is 4.90 Å². The summed E-state index contributed by atoms with van der Waals surface area (Å²) in [7, 11) is -3.45. The van der Waals surface area contributed by atoms with E-state index in [0.29, 0.717) is 43.4 Å². The molecular weight excluding hydrogens is 358 g/mol. The summed E-state index contributed by atoms with van der Waals surface area (Å²) in [5, 5.41) is 3.32. The van der Waals surface area contributed by atoms with Crippen molar-refractivity contribution in [1.29, 1.82) is 0 Å². The lowest BCUT2D eigenvalue weighted by Crippen LogP contribution is -2.50. The number of nitrogens with zero attached hydrogens (tertiary/aromatic N) is 2. The van der Waals surface area contributed by atoms with E-state index in [1.807, 2.05) is 18.7 Å². The largest absolute Gasteiger partial charge is 0.340 e. The molecule has 6 nitrogen and oxygen atoms in total. The van der Waals surface area contributed by atoms with Crippen LogP contribution in [0.3, 0.4) is 0 Å². The van der Waals surface area contributed by atoms with E-state index in [4.69, 9.17) is 0 Å². The lowest BCUT2D eigenvalue weighted by molar-refractivity contribution is -0.132. The number of thiophene rings is 1. The Bertz CT molecular complexity index is 715. The maximum absolute atomic E-state index is 12.8. The van der Waals surface area contributed by atoms with Crippen LogP contribution in [0.2, 0.25) is 0 Å². The molecule has 0 bridgehead atoms. The minimum absolute atomic E-state index is 0.159. The fourth-order valence-corrected chi connectivity index (χ4v) is 6.57. The molecule has 2 aliphatic heterocycles. The topological polar surface area (TPSA) is 69.7 Å². The number of nitrogens with one attached hydrogen (secondary N) is 1. The van der Waals surface area contributed by atoms with Crippen molar-refractivity contribution in [3.63, 3.8) is 0 Å². The summed E-state index contributed by atoms with van der Waals surface area (Å²) in [5.74, 6) is 0.766. The predicted octanol–water partition coefficient (Wildman–Crippen LogP) is 1.59. The first-order valence-corrected chi connectivity index (χ1v) is 11.2. The molecule has 1 aromatic heterocycles. The molecule has 1 N–H and O–H groups in total. The molecule has 3 heterocycles. The van der Waals surface area contributed by atoms with Crippen molar-refractivity contribution in [1.82, 2.24) is 14.5 Å². The Morgan fingerprint density at radius 2 is 2.00 bits per heavy atom. The molecule has 0 spiro atoms. The van der Waals surface area contributed by atoms with Crippen LogP contribution >= 0.6 is 11.3 Å². The Balaban J connectivity index is 1.54. The highest BCUT2D eigenvalue weighted by Gasteiger charge is 2.31. The second kappa shape index (κ2) is 7.73. The van der Waals surface area contributed by atoms with Crippen LogP contribution < -0.4 is 5.32 Å². The second-order valence-electron chi connectivity index (χ2n) is 6.96. The van der Waals surface area contributed by atoms with Gasteiger partial charge >= 0.3 is 0 Å². The van der Waals surface area contributed by atoms with Crippen molar-refractivity contribution in [2.75, 3.05) is 39.3 Å². The van der Waals surface area contributed by atoms with Crippen molar-refractivity contribution < 1.29 is 13.2 Å². The minimum atomic E-state index is -3.45. The summed E-state index contributed by atoms with van der Waals surface area (Å²) in [6.07, 6.45) is 2.65. The Morgan fingerprint density at radius 1 is 1.28 bits per heavy atom. The summed E-state index contributed by atoms with van der Waals surface area (Å²) >= 11 is 1.51. The molecule has 1 aromatic rings. The molecule has 0 aliphatic carbocycles. The van der Waals surface area contributed by atoms with Crippen LogP contribution in [-0.2, 0) is 14.8 Å². The number of hydrogen-bond donors (Lipinski definition) is 1. The molecule has 2 saturated heterocycles. The standard InChI is InChI=1S/C17H27N3O3S2/c1-13-11-16(14(2)24-13)25(22,23)20-9-7-19(8-10-20)17(21)4-3-15-5-6-18-12-15/h11,15,18H,3-10,12H2,1-2H3. The van der Waals surface area contributed by atoms with E-state index in [9.17, 15) is 13.2 Å². The predicted molar refractivity (Wildman–Crippen MR) is 99.3 cm³/mol. The molecule has 1 atom stereocenters. The SMILES string of the molecule is Cc1cc(S(=O)(=O)N2CCN(C(=O)CCC3CCNC3)CC2)c(C)s1. The van der Waals surface area contributed by atoms with Crippen molar-refractivity contribution in [3.05, 3.63) is 15.8 Å². The molecule has 2 aliphatic rings. The van der Waals surface area contributed by atoms with Crippen molar-refractivity contribution in [2.24, 2.45) is 5.92 Å². The fraction of sp³-hybridized carbons (Fsp3) is 0.706. The van der Waals surface area contributed by atoms with Crippen LogP contribution in [0.4, 0.5) is 0 Å². The number of piperazine rings is 1. The zero-order valence-electron chi connectivity index (χ0n) is 15.0. The summed E-state index contributed by atoms with van der Waals surface area (Å²) < 4.78 is 27.2. The summed E-state index contributed by atoms with van der Waals surface area (Å²) in [5.41, 5.74) is 0. The molecule has 8 heteroatoms.